The van der Waals surface area contributed by atoms with E-state index in [2.05, 4.69) is 42.0 Å². The number of nitrogens with zero attached hydrogens (tertiary/aromatic N) is 1. The van der Waals surface area contributed by atoms with Crippen molar-refractivity contribution in [3.63, 3.8) is 0 Å². The van der Waals surface area contributed by atoms with Gasteiger partial charge in [0.25, 0.3) is 0 Å². The second-order valence-corrected chi connectivity index (χ2v) is 8.01. The van der Waals surface area contributed by atoms with E-state index in [1.807, 2.05) is 35.4 Å². The van der Waals surface area contributed by atoms with Crippen LogP contribution in [0.3, 0.4) is 0 Å². The van der Waals surface area contributed by atoms with E-state index in [1.54, 1.807) is 0 Å². The smallest absolute Gasteiger partial charge is 0.230 e. The first-order chi connectivity index (χ1) is 14.6. The largest absolute Gasteiger partial charge is 0.361 e. The van der Waals surface area contributed by atoms with Crippen LogP contribution in [-0.4, -0.2) is 28.9 Å². The summed E-state index contributed by atoms with van der Waals surface area (Å²) in [5.41, 5.74) is 3.21. The molecule has 1 saturated heterocycles. The van der Waals surface area contributed by atoms with Crippen LogP contribution in [0.4, 0.5) is 4.39 Å². The Morgan fingerprint density at radius 3 is 2.57 bits per heavy atom. The number of halogens is 1. The fraction of sp³-hybridized carbons (Fsp3) is 0.375. The quantitative estimate of drug-likeness (QED) is 0.498. The summed E-state index contributed by atoms with van der Waals surface area (Å²) < 4.78 is 13.2. The van der Waals surface area contributed by atoms with Crippen molar-refractivity contribution in [3.8, 4) is 0 Å². The maximum atomic E-state index is 13.5. The van der Waals surface area contributed by atoms with Gasteiger partial charge in [0.05, 0.1) is 5.92 Å². The van der Waals surface area contributed by atoms with Crippen molar-refractivity contribution in [2.75, 3.05) is 13.1 Å². The van der Waals surface area contributed by atoms with Gasteiger partial charge in [-0.1, -0.05) is 31.2 Å². The van der Waals surface area contributed by atoms with Crippen molar-refractivity contribution in [3.05, 3.63) is 71.7 Å². The molecule has 1 amide bonds. The Hall–Kier alpha value is -2.31. The molecule has 30 heavy (non-hydrogen) atoms. The number of aromatic nitrogens is 1. The number of amides is 1. The van der Waals surface area contributed by atoms with Crippen LogP contribution in [0, 0.1) is 11.7 Å². The summed E-state index contributed by atoms with van der Waals surface area (Å²) in [5, 5.41) is 5.31. The molecule has 1 aliphatic rings. The van der Waals surface area contributed by atoms with Crippen LogP contribution in [-0.2, 0) is 11.2 Å². The van der Waals surface area contributed by atoms with Gasteiger partial charge in [-0.3, -0.25) is 9.93 Å². The average Bonchev–Trinajstić information content (AvgIpc) is 3.26. The fourth-order valence-electron chi connectivity index (χ4n) is 4.24. The molecule has 6 heteroatoms. The number of nitrogens with two attached hydrogens (primary N) is 1. The van der Waals surface area contributed by atoms with Crippen molar-refractivity contribution in [1.29, 1.82) is 0 Å². The molecule has 1 fully saturated rings. The Balaban J connectivity index is 0.00000124. The SMILES string of the molecule is CC1CCN(C(=O)C(CCc2ccc(F)cc2)c2cccc3[nH]ccc23)CC1.NS. The number of piperidine rings is 1. The third-order valence-electron chi connectivity index (χ3n) is 6.03. The number of thiol groups is 1. The summed E-state index contributed by atoms with van der Waals surface area (Å²) in [4.78, 5) is 18.8. The third-order valence-corrected chi connectivity index (χ3v) is 6.03. The van der Waals surface area contributed by atoms with Crippen LogP contribution in [0.2, 0.25) is 0 Å². The highest BCUT2D eigenvalue weighted by Crippen LogP contribution is 2.32. The lowest BCUT2D eigenvalue weighted by Gasteiger charge is -2.33. The molecule has 0 radical (unpaired) electrons. The van der Waals surface area contributed by atoms with Crippen molar-refractivity contribution in [1.82, 2.24) is 9.88 Å². The first kappa shape index (κ1) is 22.4. The van der Waals surface area contributed by atoms with Gasteiger partial charge in [0.2, 0.25) is 5.91 Å². The summed E-state index contributed by atoms with van der Waals surface area (Å²) >= 11 is 3.03. The lowest BCUT2D eigenvalue weighted by atomic mass is 9.88. The number of carbonyl (C=O) groups excluding carboxylic acids is 1. The summed E-state index contributed by atoms with van der Waals surface area (Å²) in [5.74, 6) is 0.506. The van der Waals surface area contributed by atoms with Crippen LogP contribution in [0.25, 0.3) is 10.9 Å². The van der Waals surface area contributed by atoms with Crippen LogP contribution in [0.1, 0.15) is 43.2 Å². The molecule has 0 saturated carbocycles. The van der Waals surface area contributed by atoms with Crippen LogP contribution >= 0.6 is 12.8 Å². The second kappa shape index (κ2) is 10.6. The Labute approximate surface area is 183 Å². The zero-order chi connectivity index (χ0) is 21.5. The summed E-state index contributed by atoms with van der Waals surface area (Å²) in [6.45, 7) is 3.95. The lowest BCUT2D eigenvalue weighted by molar-refractivity contribution is -0.134. The van der Waals surface area contributed by atoms with Crippen molar-refractivity contribution in [2.45, 2.75) is 38.5 Å². The highest BCUT2D eigenvalue weighted by molar-refractivity contribution is 7.77. The predicted octanol–water partition coefficient (Wildman–Crippen LogP) is 5.07. The number of fused-ring (bicyclic) bond motifs is 1. The zero-order valence-electron chi connectivity index (χ0n) is 17.4. The van der Waals surface area contributed by atoms with Gasteiger partial charge >= 0.3 is 0 Å². The van der Waals surface area contributed by atoms with Gasteiger partial charge in [-0.05, 0) is 67.0 Å². The number of rotatable bonds is 5. The van der Waals surface area contributed by atoms with E-state index in [-0.39, 0.29) is 17.6 Å². The average molecular weight is 428 g/mol. The van der Waals surface area contributed by atoms with Gasteiger partial charge in [-0.2, -0.15) is 0 Å². The number of carbonyl (C=O) groups is 1. The standard InChI is InChI=1S/C24H27FN2O.H3NS/c1-17-12-15-27(16-13-17)24(28)22(10-7-18-5-8-19(25)9-6-18)20-3-2-4-23-21(20)11-14-26-23;1-2/h2-6,8-9,11,14,17,22,26H,7,10,12-13,15-16H2,1H3;2H,1H2. The van der Waals surface area contributed by atoms with Gasteiger partial charge < -0.3 is 9.88 Å². The van der Waals surface area contributed by atoms with Crippen LogP contribution in [0.15, 0.2) is 54.7 Å². The number of hydrogen-bond acceptors (Lipinski definition) is 3. The molecule has 1 unspecified atom stereocenters. The molecule has 1 aromatic heterocycles. The number of aryl methyl sites for hydroxylation is 1. The van der Waals surface area contributed by atoms with Gasteiger partial charge in [0.1, 0.15) is 5.82 Å². The molecule has 0 aliphatic carbocycles. The van der Waals surface area contributed by atoms with Gasteiger partial charge in [-0.25, -0.2) is 4.39 Å². The number of nitrogens with one attached hydrogen (secondary N) is 1. The zero-order valence-corrected chi connectivity index (χ0v) is 18.2. The fourth-order valence-corrected chi connectivity index (χ4v) is 4.24. The minimum absolute atomic E-state index is 0.182. The molecule has 4 rings (SSSR count). The number of hydrogen-bond donors (Lipinski definition) is 3. The topological polar surface area (TPSA) is 62.1 Å². The number of likely N-dealkylation sites (tertiary alicyclic amines) is 1. The molecule has 0 spiro atoms. The Kier molecular flexibility index (Phi) is 7.94. The molecule has 3 aromatic rings. The van der Waals surface area contributed by atoms with Crippen molar-refractivity contribution in [2.24, 2.45) is 11.1 Å². The van der Waals surface area contributed by atoms with E-state index >= 15 is 0 Å². The molecular formula is C24H30FN3OS. The molecule has 4 nitrogen and oxygen atoms in total. The molecule has 2 aromatic carbocycles. The van der Waals surface area contributed by atoms with E-state index in [0.717, 1.165) is 60.8 Å². The van der Waals surface area contributed by atoms with Crippen LogP contribution < -0.4 is 5.14 Å². The normalized spacial score (nSPS) is 15.5. The summed E-state index contributed by atoms with van der Waals surface area (Å²) in [6.07, 6.45) is 5.55. The lowest BCUT2D eigenvalue weighted by Crippen LogP contribution is -2.40. The molecule has 0 bridgehead atoms. The highest BCUT2D eigenvalue weighted by Gasteiger charge is 2.29. The Morgan fingerprint density at radius 2 is 1.87 bits per heavy atom. The number of benzene rings is 2. The molecule has 3 N–H and O–H groups in total. The molecule has 160 valence electrons. The maximum absolute atomic E-state index is 13.5. The van der Waals surface area contributed by atoms with Gasteiger partial charge in [0.15, 0.2) is 0 Å². The maximum Gasteiger partial charge on any atom is 0.230 e. The molecule has 1 atom stereocenters. The van der Waals surface area contributed by atoms with Gasteiger partial charge in [-0.15, -0.1) is 12.8 Å². The third kappa shape index (κ3) is 5.24. The molecule has 2 heterocycles. The van der Waals surface area contributed by atoms with Gasteiger partial charge in [0, 0.05) is 30.2 Å². The van der Waals surface area contributed by atoms with Crippen molar-refractivity contribution >= 4 is 29.6 Å². The highest BCUT2D eigenvalue weighted by atomic mass is 32.1. The van der Waals surface area contributed by atoms with E-state index in [0.29, 0.717) is 5.92 Å². The molecule has 1 aliphatic heterocycles. The first-order valence-corrected chi connectivity index (χ1v) is 11.0. The second-order valence-electron chi connectivity index (χ2n) is 8.01. The molecular weight excluding hydrogens is 397 g/mol. The predicted molar refractivity (Wildman–Crippen MR) is 124 cm³/mol. The minimum atomic E-state index is -0.226. The van der Waals surface area contributed by atoms with E-state index in [4.69, 9.17) is 0 Å². The number of H-pyrrole nitrogens is 1. The van der Waals surface area contributed by atoms with E-state index in [1.165, 1.54) is 12.1 Å². The van der Waals surface area contributed by atoms with Crippen molar-refractivity contribution < 1.29 is 9.18 Å². The Morgan fingerprint density at radius 1 is 1.17 bits per heavy atom. The van der Waals surface area contributed by atoms with Crippen LogP contribution in [0.5, 0.6) is 0 Å². The van der Waals surface area contributed by atoms with E-state index in [9.17, 15) is 9.18 Å². The minimum Gasteiger partial charge on any atom is -0.361 e. The van der Waals surface area contributed by atoms with E-state index < -0.39 is 0 Å². The summed E-state index contributed by atoms with van der Waals surface area (Å²) in [7, 11) is 0. The Bertz CT molecular complexity index is 948. The first-order valence-electron chi connectivity index (χ1n) is 10.5. The number of aromatic amines is 1. The monoisotopic (exact) mass is 427 g/mol. The summed E-state index contributed by atoms with van der Waals surface area (Å²) in [6, 6.07) is 14.8.